The van der Waals surface area contributed by atoms with Crippen LogP contribution in [-0.2, 0) is 32.3 Å². The van der Waals surface area contributed by atoms with Gasteiger partial charge in [0.1, 0.15) is 6.10 Å². The van der Waals surface area contributed by atoms with Crippen molar-refractivity contribution in [1.29, 1.82) is 0 Å². The van der Waals surface area contributed by atoms with Crippen molar-refractivity contribution < 1.29 is 41.9 Å². The highest BCUT2D eigenvalue weighted by Gasteiger charge is 2.64. The second-order valence-electron chi connectivity index (χ2n) is 9.26. The first-order chi connectivity index (χ1) is 18.7. The largest absolute Gasteiger partial charge is 0.509 e. The maximum atomic E-state index is 13.4. The van der Waals surface area contributed by atoms with Crippen LogP contribution < -0.4 is 10.5 Å². The molecule has 6 atom stereocenters. The molecule has 39 heavy (non-hydrogen) atoms. The molecule has 14 nitrogen and oxygen atoms in total. The van der Waals surface area contributed by atoms with Crippen LogP contribution in [-0.4, -0.2) is 63.3 Å². The molecular weight excluding hydrogens is 557 g/mol. The SMILES string of the molecule is CCOc1nc(N)nc2c1ncn2C1OC(COP2(=O)OCCC(c3cccc(Cl)c3)O2)C2OC(=O)OC21C. The molecule has 3 aromatic rings. The van der Waals surface area contributed by atoms with Gasteiger partial charge in [-0.2, -0.15) is 9.97 Å². The van der Waals surface area contributed by atoms with E-state index in [1.165, 1.54) is 6.33 Å². The first-order valence-electron chi connectivity index (χ1n) is 12.2. The lowest BCUT2D eigenvalue weighted by molar-refractivity contribution is -0.0925. The summed E-state index contributed by atoms with van der Waals surface area (Å²) in [5.41, 5.74) is 5.98. The Bertz CT molecular complexity index is 1470. The maximum Gasteiger partial charge on any atom is 0.509 e. The third-order valence-electron chi connectivity index (χ3n) is 6.67. The Labute approximate surface area is 227 Å². The van der Waals surface area contributed by atoms with E-state index in [1.807, 2.05) is 6.07 Å². The summed E-state index contributed by atoms with van der Waals surface area (Å²) in [7, 11) is -3.99. The number of hydrogen-bond donors (Lipinski definition) is 1. The van der Waals surface area contributed by atoms with Crippen molar-refractivity contribution in [3.05, 3.63) is 41.2 Å². The molecule has 3 aliphatic rings. The molecule has 3 fully saturated rings. The molecule has 5 heterocycles. The molecule has 208 valence electrons. The van der Waals surface area contributed by atoms with Gasteiger partial charge in [0.2, 0.25) is 11.8 Å². The molecule has 0 radical (unpaired) electrons. The number of imidazole rings is 1. The standard InChI is InChI=1S/C23H25ClN5O9P/c1-3-32-19-16-18(27-21(25)28-19)29(11-26-16)20-23(2)17(36-22(30)37-23)15(35-20)10-34-39(31)33-8-7-14(38-39)12-5-4-6-13(24)9-12/h4-6,9,11,14-15,17,20H,3,7-8,10H2,1-2H3,(H2,25,27,28). The average Bonchev–Trinajstić information content (AvgIpc) is 3.52. The number of benzene rings is 1. The number of ether oxygens (including phenoxy) is 4. The van der Waals surface area contributed by atoms with Crippen LogP contribution in [0.1, 0.15) is 38.2 Å². The molecule has 0 bridgehead atoms. The predicted octanol–water partition coefficient (Wildman–Crippen LogP) is 3.96. The predicted molar refractivity (Wildman–Crippen MR) is 134 cm³/mol. The van der Waals surface area contributed by atoms with Gasteiger partial charge in [-0.1, -0.05) is 23.7 Å². The van der Waals surface area contributed by atoms with Crippen LogP contribution in [0.2, 0.25) is 5.02 Å². The number of nitrogen functional groups attached to an aromatic ring is 1. The number of halogens is 1. The average molecular weight is 582 g/mol. The van der Waals surface area contributed by atoms with Crippen LogP contribution >= 0.6 is 19.4 Å². The molecular formula is C23H25ClN5O9P. The molecule has 3 aliphatic heterocycles. The number of carbonyl (C=O) groups is 1. The Kier molecular flexibility index (Phi) is 6.64. The lowest BCUT2D eigenvalue weighted by atomic mass is 9.96. The number of phosphoric ester groups is 1. The van der Waals surface area contributed by atoms with Crippen LogP contribution in [0.4, 0.5) is 10.7 Å². The molecule has 0 saturated carbocycles. The van der Waals surface area contributed by atoms with Gasteiger partial charge in [-0.3, -0.25) is 18.1 Å². The first kappa shape index (κ1) is 26.2. The molecule has 3 saturated heterocycles. The van der Waals surface area contributed by atoms with Crippen molar-refractivity contribution in [3.63, 3.8) is 0 Å². The molecule has 0 amide bonds. The van der Waals surface area contributed by atoms with Crippen LogP contribution in [0.15, 0.2) is 30.6 Å². The summed E-state index contributed by atoms with van der Waals surface area (Å²) >= 11 is 6.10. The van der Waals surface area contributed by atoms with Gasteiger partial charge in [0.15, 0.2) is 29.1 Å². The summed E-state index contributed by atoms with van der Waals surface area (Å²) in [6.07, 6.45) is -2.28. The summed E-state index contributed by atoms with van der Waals surface area (Å²) in [5.74, 6) is 0.169. The summed E-state index contributed by atoms with van der Waals surface area (Å²) in [4.78, 5) is 25.0. The lowest BCUT2D eigenvalue weighted by Gasteiger charge is -2.30. The van der Waals surface area contributed by atoms with Crippen molar-refractivity contribution >= 4 is 42.7 Å². The number of fused-ring (bicyclic) bond motifs is 2. The number of carbonyl (C=O) groups excluding carboxylic acids is 1. The monoisotopic (exact) mass is 581 g/mol. The quantitative estimate of drug-likeness (QED) is 0.314. The number of phosphoric acid groups is 1. The third-order valence-corrected chi connectivity index (χ3v) is 8.38. The Morgan fingerprint density at radius 2 is 2.18 bits per heavy atom. The molecule has 2 aromatic heterocycles. The zero-order chi connectivity index (χ0) is 27.4. The Balaban J connectivity index is 1.24. The van der Waals surface area contributed by atoms with Gasteiger partial charge < -0.3 is 24.7 Å². The van der Waals surface area contributed by atoms with Gasteiger partial charge in [0, 0.05) is 11.4 Å². The van der Waals surface area contributed by atoms with E-state index in [0.29, 0.717) is 29.2 Å². The summed E-state index contributed by atoms with van der Waals surface area (Å²) in [6, 6.07) is 7.06. The number of nitrogens with two attached hydrogens (primary N) is 1. The van der Waals surface area contributed by atoms with E-state index in [-0.39, 0.29) is 25.0 Å². The molecule has 6 rings (SSSR count). The van der Waals surface area contributed by atoms with Crippen LogP contribution in [0.3, 0.4) is 0 Å². The van der Waals surface area contributed by atoms with E-state index in [9.17, 15) is 9.36 Å². The molecule has 0 spiro atoms. The number of hydrogen-bond acceptors (Lipinski definition) is 13. The third kappa shape index (κ3) is 4.71. The molecule has 1 aromatic carbocycles. The Morgan fingerprint density at radius 3 is 2.97 bits per heavy atom. The van der Waals surface area contributed by atoms with Crippen molar-refractivity contribution in [2.45, 2.75) is 50.4 Å². The zero-order valence-corrected chi connectivity index (χ0v) is 22.5. The van der Waals surface area contributed by atoms with Crippen molar-refractivity contribution in [1.82, 2.24) is 19.5 Å². The molecule has 6 unspecified atom stereocenters. The highest BCUT2D eigenvalue weighted by molar-refractivity contribution is 7.48. The molecule has 16 heteroatoms. The normalized spacial score (nSPS) is 32.1. The fourth-order valence-corrected chi connectivity index (χ4v) is 6.54. The summed E-state index contributed by atoms with van der Waals surface area (Å²) < 4.78 is 54.5. The van der Waals surface area contributed by atoms with E-state index in [1.54, 1.807) is 36.6 Å². The van der Waals surface area contributed by atoms with E-state index >= 15 is 0 Å². The second-order valence-corrected chi connectivity index (χ2v) is 11.3. The molecule has 2 N–H and O–H groups in total. The van der Waals surface area contributed by atoms with E-state index in [0.717, 1.165) is 5.56 Å². The van der Waals surface area contributed by atoms with Crippen LogP contribution in [0.25, 0.3) is 11.2 Å². The second kappa shape index (κ2) is 9.88. The van der Waals surface area contributed by atoms with Crippen molar-refractivity contribution in [2.75, 3.05) is 25.6 Å². The van der Waals surface area contributed by atoms with Crippen molar-refractivity contribution in [2.24, 2.45) is 0 Å². The van der Waals surface area contributed by atoms with Gasteiger partial charge in [-0.05, 0) is 31.5 Å². The van der Waals surface area contributed by atoms with E-state index in [2.05, 4.69) is 15.0 Å². The van der Waals surface area contributed by atoms with E-state index in [4.69, 9.17) is 49.9 Å². The van der Waals surface area contributed by atoms with Gasteiger partial charge in [0.25, 0.3) is 0 Å². The topological polar surface area (TPSA) is 168 Å². The minimum Gasteiger partial charge on any atom is -0.476 e. The Hall–Kier alpha value is -3.00. The zero-order valence-electron chi connectivity index (χ0n) is 20.9. The summed E-state index contributed by atoms with van der Waals surface area (Å²) in [5, 5.41) is 0.526. The smallest absolute Gasteiger partial charge is 0.476 e. The Morgan fingerprint density at radius 1 is 1.33 bits per heavy atom. The van der Waals surface area contributed by atoms with Gasteiger partial charge in [0.05, 0.1) is 32.3 Å². The highest BCUT2D eigenvalue weighted by atomic mass is 35.5. The highest BCUT2D eigenvalue weighted by Crippen LogP contribution is 2.58. The minimum absolute atomic E-state index is 0.0362. The first-order valence-corrected chi connectivity index (χ1v) is 14.0. The fourth-order valence-electron chi connectivity index (χ4n) is 4.95. The van der Waals surface area contributed by atoms with E-state index < -0.39 is 44.1 Å². The van der Waals surface area contributed by atoms with Gasteiger partial charge in [-0.15, -0.1) is 0 Å². The van der Waals surface area contributed by atoms with Gasteiger partial charge in [-0.25, -0.2) is 14.3 Å². The lowest BCUT2D eigenvalue weighted by Crippen LogP contribution is -2.42. The minimum atomic E-state index is -3.99. The van der Waals surface area contributed by atoms with Crippen LogP contribution in [0, 0.1) is 0 Å². The number of nitrogens with zero attached hydrogens (tertiary/aromatic N) is 4. The number of anilines is 1. The number of rotatable bonds is 7. The van der Waals surface area contributed by atoms with Gasteiger partial charge >= 0.3 is 14.0 Å². The van der Waals surface area contributed by atoms with Crippen molar-refractivity contribution in [3.8, 4) is 5.88 Å². The van der Waals surface area contributed by atoms with Crippen LogP contribution in [0.5, 0.6) is 5.88 Å². The summed E-state index contributed by atoms with van der Waals surface area (Å²) in [6.45, 7) is 3.64. The fraction of sp³-hybridized carbons (Fsp3) is 0.478. The maximum absolute atomic E-state index is 13.4. The number of aromatic nitrogens is 4. The molecule has 0 aliphatic carbocycles.